The van der Waals surface area contributed by atoms with Crippen molar-refractivity contribution >= 4 is 10.1 Å². The van der Waals surface area contributed by atoms with Gasteiger partial charge in [0.05, 0.1) is 23.2 Å². The number of hydrogen-bond acceptors (Lipinski definition) is 5. The third-order valence-electron chi connectivity index (χ3n) is 4.71. The van der Waals surface area contributed by atoms with Crippen molar-refractivity contribution in [1.82, 2.24) is 0 Å². The van der Waals surface area contributed by atoms with Gasteiger partial charge in [-0.05, 0) is 44.7 Å². The Morgan fingerprint density at radius 2 is 2.00 bits per heavy atom. The van der Waals surface area contributed by atoms with Gasteiger partial charge in [0.2, 0.25) is 0 Å². The van der Waals surface area contributed by atoms with Gasteiger partial charge in [0.25, 0.3) is 10.1 Å². The van der Waals surface area contributed by atoms with E-state index >= 15 is 0 Å². The molecule has 5 nitrogen and oxygen atoms in total. The number of hydrogen-bond donors (Lipinski definition) is 1. The Hall–Kier alpha value is -1.21. The highest BCUT2D eigenvalue weighted by atomic mass is 32.2. The Morgan fingerprint density at radius 3 is 2.60 bits per heavy atom. The van der Waals surface area contributed by atoms with Crippen LogP contribution in [-0.2, 0) is 19.0 Å². The third kappa shape index (κ3) is 5.38. The second kappa shape index (κ2) is 7.99. The van der Waals surface area contributed by atoms with E-state index < -0.39 is 15.7 Å². The van der Waals surface area contributed by atoms with Crippen LogP contribution in [0, 0.1) is 12.8 Å². The SMILES string of the molecule is CC[C@H](O)[C@@H](C)/C=C/C[C@@]1(C)O[C@@H]1COS(=O)(=O)c1ccc(C)cc1. The van der Waals surface area contributed by atoms with Gasteiger partial charge in [-0.25, -0.2) is 0 Å². The van der Waals surface area contributed by atoms with E-state index in [1.807, 2.05) is 39.8 Å². The molecule has 0 aromatic heterocycles. The molecule has 0 radical (unpaired) electrons. The first kappa shape index (κ1) is 20.1. The van der Waals surface area contributed by atoms with Crippen molar-refractivity contribution in [2.24, 2.45) is 5.92 Å². The van der Waals surface area contributed by atoms with Crippen LogP contribution in [0.15, 0.2) is 41.3 Å². The molecule has 4 atom stereocenters. The van der Waals surface area contributed by atoms with Crippen molar-refractivity contribution < 1.29 is 22.4 Å². The molecule has 1 N–H and O–H groups in total. The molecule has 1 fully saturated rings. The van der Waals surface area contributed by atoms with Gasteiger partial charge < -0.3 is 9.84 Å². The van der Waals surface area contributed by atoms with E-state index in [9.17, 15) is 13.5 Å². The van der Waals surface area contributed by atoms with Crippen molar-refractivity contribution in [3.05, 3.63) is 42.0 Å². The quantitative estimate of drug-likeness (QED) is 0.411. The van der Waals surface area contributed by atoms with Crippen molar-refractivity contribution in [3.8, 4) is 0 Å². The summed E-state index contributed by atoms with van der Waals surface area (Å²) in [4.78, 5) is 0.155. The highest BCUT2D eigenvalue weighted by molar-refractivity contribution is 7.86. The van der Waals surface area contributed by atoms with Crippen molar-refractivity contribution in [2.45, 2.75) is 63.2 Å². The maximum absolute atomic E-state index is 12.2. The largest absolute Gasteiger partial charge is 0.393 e. The second-order valence-electron chi connectivity index (χ2n) is 6.94. The summed E-state index contributed by atoms with van der Waals surface area (Å²) in [5.41, 5.74) is 0.585. The standard InChI is InChI=1S/C19H28O5S/c1-5-17(20)15(3)7-6-12-19(4)18(24-19)13-23-25(21,22)16-10-8-14(2)9-11-16/h6-11,15,17-18,20H,5,12-13H2,1-4H3/b7-6+/t15-,17-,18+,19+/m0/s1. The lowest BCUT2D eigenvalue weighted by Gasteiger charge is -2.12. The molecule has 0 bridgehead atoms. The molecule has 0 spiro atoms. The van der Waals surface area contributed by atoms with E-state index in [1.165, 1.54) is 0 Å². The number of aryl methyl sites for hydroxylation is 1. The molecule has 140 valence electrons. The number of ether oxygens (including phenoxy) is 1. The molecule has 0 saturated carbocycles. The number of aliphatic hydroxyl groups is 1. The normalized spacial score (nSPS) is 25.9. The zero-order chi connectivity index (χ0) is 18.7. The van der Waals surface area contributed by atoms with Crippen LogP contribution in [0.4, 0.5) is 0 Å². The van der Waals surface area contributed by atoms with Gasteiger partial charge in [-0.3, -0.25) is 4.18 Å². The van der Waals surface area contributed by atoms with Crippen molar-refractivity contribution in [3.63, 3.8) is 0 Å². The molecule has 2 rings (SSSR count). The topological polar surface area (TPSA) is 76.1 Å². The molecule has 1 aromatic carbocycles. The summed E-state index contributed by atoms with van der Waals surface area (Å²) in [6.07, 6.45) is 4.74. The molecular formula is C19H28O5S. The molecule has 0 aliphatic carbocycles. The average Bonchev–Trinajstić information content (AvgIpc) is 3.23. The Bertz CT molecular complexity index is 695. The molecule has 6 heteroatoms. The van der Waals surface area contributed by atoms with Gasteiger partial charge in [0.15, 0.2) is 0 Å². The maximum atomic E-state index is 12.2. The Labute approximate surface area is 150 Å². The molecule has 25 heavy (non-hydrogen) atoms. The van der Waals surface area contributed by atoms with Crippen molar-refractivity contribution in [1.29, 1.82) is 0 Å². The van der Waals surface area contributed by atoms with Gasteiger partial charge in [-0.1, -0.05) is 43.7 Å². The molecule has 1 aliphatic rings. The second-order valence-corrected chi connectivity index (χ2v) is 8.55. The van der Waals surface area contributed by atoms with Crippen LogP contribution in [0.1, 0.15) is 39.2 Å². The minimum Gasteiger partial charge on any atom is -0.393 e. The molecular weight excluding hydrogens is 340 g/mol. The van der Waals surface area contributed by atoms with E-state index in [-0.39, 0.29) is 29.6 Å². The Kier molecular flexibility index (Phi) is 6.43. The predicted octanol–water partition coefficient (Wildman–Crippen LogP) is 3.21. The van der Waals surface area contributed by atoms with Gasteiger partial charge >= 0.3 is 0 Å². The molecule has 1 aromatic rings. The minimum absolute atomic E-state index is 0.00763. The van der Waals surface area contributed by atoms with Gasteiger partial charge in [0.1, 0.15) is 6.10 Å². The van der Waals surface area contributed by atoms with E-state index in [0.29, 0.717) is 12.8 Å². The van der Waals surface area contributed by atoms with Crippen LogP contribution >= 0.6 is 0 Å². The zero-order valence-electron chi connectivity index (χ0n) is 15.3. The first-order valence-electron chi connectivity index (χ1n) is 8.66. The maximum Gasteiger partial charge on any atom is 0.297 e. The van der Waals surface area contributed by atoms with Crippen LogP contribution in [0.5, 0.6) is 0 Å². The Balaban J connectivity index is 1.83. The van der Waals surface area contributed by atoms with Gasteiger partial charge in [-0.15, -0.1) is 0 Å². The fourth-order valence-corrected chi connectivity index (χ4v) is 3.53. The fourth-order valence-electron chi connectivity index (χ4n) is 2.62. The number of epoxide rings is 1. The summed E-state index contributed by atoms with van der Waals surface area (Å²) < 4.78 is 35.1. The summed E-state index contributed by atoms with van der Waals surface area (Å²) in [6.45, 7) is 7.75. The van der Waals surface area contributed by atoms with E-state index in [0.717, 1.165) is 5.56 Å². The third-order valence-corrected chi connectivity index (χ3v) is 6.00. The van der Waals surface area contributed by atoms with Gasteiger partial charge in [-0.2, -0.15) is 8.42 Å². The lowest BCUT2D eigenvalue weighted by atomic mass is 9.99. The average molecular weight is 368 g/mol. The number of aliphatic hydroxyl groups excluding tert-OH is 1. The van der Waals surface area contributed by atoms with Crippen LogP contribution in [0.25, 0.3) is 0 Å². The van der Waals surface area contributed by atoms with E-state index in [1.54, 1.807) is 24.3 Å². The first-order valence-corrected chi connectivity index (χ1v) is 10.1. The zero-order valence-corrected chi connectivity index (χ0v) is 16.1. The minimum atomic E-state index is -3.76. The molecule has 0 amide bonds. The summed E-state index contributed by atoms with van der Waals surface area (Å²) in [5, 5.41) is 9.75. The fraction of sp³-hybridized carbons (Fsp3) is 0.579. The first-order chi connectivity index (χ1) is 11.7. The van der Waals surface area contributed by atoms with Gasteiger partial charge in [0, 0.05) is 0 Å². The van der Waals surface area contributed by atoms with Crippen LogP contribution in [0.3, 0.4) is 0 Å². The van der Waals surface area contributed by atoms with E-state index in [4.69, 9.17) is 8.92 Å². The predicted molar refractivity (Wildman–Crippen MR) is 96.8 cm³/mol. The lowest BCUT2D eigenvalue weighted by Crippen LogP contribution is -2.17. The highest BCUT2D eigenvalue weighted by Gasteiger charge is 2.51. The summed E-state index contributed by atoms with van der Waals surface area (Å²) in [6, 6.07) is 6.57. The number of rotatable bonds is 9. The molecule has 1 aliphatic heterocycles. The van der Waals surface area contributed by atoms with Crippen LogP contribution in [0.2, 0.25) is 0 Å². The van der Waals surface area contributed by atoms with E-state index in [2.05, 4.69) is 0 Å². The summed E-state index contributed by atoms with van der Waals surface area (Å²) in [7, 11) is -3.76. The lowest BCUT2D eigenvalue weighted by molar-refractivity contribution is 0.133. The molecule has 1 heterocycles. The Morgan fingerprint density at radius 1 is 1.36 bits per heavy atom. The summed E-state index contributed by atoms with van der Waals surface area (Å²) in [5.74, 6) is 0.0870. The monoisotopic (exact) mass is 368 g/mol. The smallest absolute Gasteiger partial charge is 0.297 e. The van der Waals surface area contributed by atoms with Crippen LogP contribution < -0.4 is 0 Å². The number of benzene rings is 1. The van der Waals surface area contributed by atoms with Crippen LogP contribution in [-0.4, -0.2) is 37.9 Å². The van der Waals surface area contributed by atoms with Crippen molar-refractivity contribution in [2.75, 3.05) is 6.61 Å². The summed E-state index contributed by atoms with van der Waals surface area (Å²) >= 11 is 0. The molecule has 1 saturated heterocycles. The highest BCUT2D eigenvalue weighted by Crippen LogP contribution is 2.40. The molecule has 0 unspecified atom stereocenters.